The third-order valence-corrected chi connectivity index (χ3v) is 4.02. The maximum atomic E-state index is 9.43. The van der Waals surface area contributed by atoms with E-state index >= 15 is 0 Å². The number of hydrogen-bond donors (Lipinski definition) is 2. The van der Waals surface area contributed by atoms with Crippen LogP contribution in [0.25, 0.3) is 0 Å². The van der Waals surface area contributed by atoms with E-state index in [1.54, 1.807) is 0 Å². The van der Waals surface area contributed by atoms with E-state index < -0.39 is 18.4 Å². The molecule has 5 heteroatoms. The molecule has 0 aromatic rings. The summed E-state index contributed by atoms with van der Waals surface area (Å²) in [6.45, 7) is 9.36. The number of aliphatic carboxylic acids is 2. The van der Waals surface area contributed by atoms with Crippen LogP contribution in [0.1, 0.15) is 85.5 Å². The van der Waals surface area contributed by atoms with Crippen molar-refractivity contribution in [3.8, 4) is 0 Å². The molecule has 0 amide bonds. The Morgan fingerprint density at radius 1 is 0.909 bits per heavy atom. The van der Waals surface area contributed by atoms with E-state index in [9.17, 15) is 9.59 Å². The zero-order chi connectivity index (χ0) is 17.6. The van der Waals surface area contributed by atoms with Crippen molar-refractivity contribution in [3.05, 3.63) is 0 Å². The van der Waals surface area contributed by atoms with Gasteiger partial charge in [-0.25, -0.2) is 0 Å². The standard InChI is InChI=1S/C14H29.C3H4O4.Li/c1-5-6-7-8-9-10-11-12-13-14(2,3)4;4-2(5)1-3(6)7;/h13H,5-12H2,1-4H3;1H2,(H,4,5)(H,6,7);. The number of hydrogen-bond acceptors (Lipinski definition) is 2. The molecule has 0 aliphatic rings. The molecular weight excluding hydrogens is 275 g/mol. The van der Waals surface area contributed by atoms with Crippen molar-refractivity contribution in [2.45, 2.75) is 90.1 Å². The van der Waals surface area contributed by atoms with E-state index in [4.69, 9.17) is 10.2 Å². The van der Waals surface area contributed by atoms with Gasteiger partial charge in [0.2, 0.25) is 0 Å². The van der Waals surface area contributed by atoms with Gasteiger partial charge in [0.15, 0.2) is 0 Å². The predicted octanol–water partition coefficient (Wildman–Crippen LogP) is 4.68. The van der Waals surface area contributed by atoms with Crippen molar-refractivity contribution in [3.63, 3.8) is 0 Å². The SMILES string of the molecule is O=C(O)CC(=O)O.[Li][CH](CCCCCCCCC)C(C)(C)C. The first kappa shape index (κ1) is 23.8. The number of unbranched alkanes of at least 4 members (excludes halogenated alkanes) is 6. The predicted molar refractivity (Wildman–Crippen MR) is 91.5 cm³/mol. The van der Waals surface area contributed by atoms with Crippen molar-refractivity contribution in [2.75, 3.05) is 0 Å². The van der Waals surface area contributed by atoms with E-state index in [0.717, 1.165) is 4.59 Å². The second-order valence-electron chi connectivity index (χ2n) is 7.14. The summed E-state index contributed by atoms with van der Waals surface area (Å²) in [6, 6.07) is 0. The fraction of sp³-hybridized carbons (Fsp3) is 0.882. The summed E-state index contributed by atoms with van der Waals surface area (Å²) in [6.07, 6.45) is 10.6. The topological polar surface area (TPSA) is 74.6 Å². The van der Waals surface area contributed by atoms with Crippen LogP contribution in [0.5, 0.6) is 0 Å². The Hall–Kier alpha value is -0.463. The Bertz CT molecular complexity index is 286. The molecule has 4 nitrogen and oxygen atoms in total. The summed E-state index contributed by atoms with van der Waals surface area (Å²) in [7, 11) is 0. The Morgan fingerprint density at radius 3 is 1.64 bits per heavy atom. The third-order valence-electron chi connectivity index (χ3n) is 4.02. The molecule has 0 aliphatic heterocycles. The second-order valence-corrected chi connectivity index (χ2v) is 7.14. The minimum atomic E-state index is -1.31. The molecule has 0 radical (unpaired) electrons. The molecule has 22 heavy (non-hydrogen) atoms. The Labute approximate surface area is 145 Å². The van der Waals surface area contributed by atoms with Gasteiger partial charge in [-0.3, -0.25) is 9.59 Å². The van der Waals surface area contributed by atoms with Crippen LogP contribution < -0.4 is 0 Å². The van der Waals surface area contributed by atoms with E-state index in [2.05, 4.69) is 45.4 Å². The molecule has 0 spiro atoms. The van der Waals surface area contributed by atoms with Crippen molar-refractivity contribution in [1.82, 2.24) is 0 Å². The quantitative estimate of drug-likeness (QED) is 0.349. The van der Waals surface area contributed by atoms with E-state index in [1.807, 2.05) is 0 Å². The van der Waals surface area contributed by atoms with Crippen LogP contribution in [0, 0.1) is 5.41 Å². The molecular formula is C17H33LiO4. The molecule has 0 saturated carbocycles. The number of carboxylic acids is 2. The van der Waals surface area contributed by atoms with Crippen LogP contribution in [0.4, 0.5) is 0 Å². The summed E-state index contributed by atoms with van der Waals surface area (Å²) in [4.78, 5) is 18.9. The summed E-state index contributed by atoms with van der Waals surface area (Å²) in [5, 5.41) is 15.4. The Balaban J connectivity index is 0. The first-order valence-electron chi connectivity index (χ1n) is 8.54. The zero-order valence-corrected chi connectivity index (χ0v) is 15.2. The van der Waals surface area contributed by atoms with Gasteiger partial charge in [-0.2, -0.15) is 0 Å². The monoisotopic (exact) mass is 308 g/mol. The van der Waals surface area contributed by atoms with Crippen LogP contribution >= 0.6 is 0 Å². The summed E-state index contributed by atoms with van der Waals surface area (Å²) in [5.74, 6) is -2.62. The molecule has 0 aliphatic carbocycles. The van der Waals surface area contributed by atoms with Gasteiger partial charge in [0.1, 0.15) is 6.42 Å². The molecule has 0 saturated heterocycles. The zero-order valence-electron chi connectivity index (χ0n) is 15.2. The molecule has 0 aromatic heterocycles. The van der Waals surface area contributed by atoms with Gasteiger partial charge in [-0.15, -0.1) is 0 Å². The van der Waals surface area contributed by atoms with Gasteiger partial charge in [0.25, 0.3) is 0 Å². The van der Waals surface area contributed by atoms with Crippen molar-refractivity contribution in [2.24, 2.45) is 5.41 Å². The summed E-state index contributed by atoms with van der Waals surface area (Å²) >= 11 is 2.40. The van der Waals surface area contributed by atoms with Gasteiger partial charge in [0.05, 0.1) is 0 Å². The number of rotatable bonds is 10. The first-order valence-corrected chi connectivity index (χ1v) is 8.54. The fourth-order valence-electron chi connectivity index (χ4n) is 1.97. The van der Waals surface area contributed by atoms with Crippen LogP contribution in [-0.2, 0) is 9.59 Å². The van der Waals surface area contributed by atoms with Crippen LogP contribution in [0.15, 0.2) is 0 Å². The van der Waals surface area contributed by atoms with Gasteiger partial charge in [0, 0.05) is 0 Å². The van der Waals surface area contributed by atoms with Crippen molar-refractivity contribution >= 4 is 29.7 Å². The third kappa shape index (κ3) is 19.5. The molecule has 1 atom stereocenters. The Morgan fingerprint density at radius 2 is 1.32 bits per heavy atom. The first-order chi connectivity index (χ1) is 10.1. The maximum absolute atomic E-state index is 9.43. The fourth-order valence-corrected chi connectivity index (χ4v) is 1.97. The summed E-state index contributed by atoms with van der Waals surface area (Å²) in [5.41, 5.74) is 0.502. The normalized spacial score (nSPS) is 12.3. The van der Waals surface area contributed by atoms with Gasteiger partial charge in [-0.05, 0) is 0 Å². The average Bonchev–Trinajstić information content (AvgIpc) is 2.35. The van der Waals surface area contributed by atoms with Gasteiger partial charge >= 0.3 is 119 Å². The van der Waals surface area contributed by atoms with Gasteiger partial charge in [-0.1, -0.05) is 0 Å². The molecule has 0 bridgehead atoms. The van der Waals surface area contributed by atoms with E-state index in [0.29, 0.717) is 5.41 Å². The van der Waals surface area contributed by atoms with Crippen LogP contribution in [-0.4, -0.2) is 39.9 Å². The van der Waals surface area contributed by atoms with E-state index in [1.165, 1.54) is 51.4 Å². The second kappa shape index (κ2) is 14.2. The molecule has 0 heterocycles. The van der Waals surface area contributed by atoms with Crippen LogP contribution in [0.2, 0.25) is 4.59 Å². The minimum absolute atomic E-state index is 0.502. The van der Waals surface area contributed by atoms with E-state index in [-0.39, 0.29) is 0 Å². The molecule has 126 valence electrons. The average molecular weight is 308 g/mol. The van der Waals surface area contributed by atoms with Gasteiger partial charge < -0.3 is 10.2 Å². The number of carbonyl (C=O) groups is 2. The molecule has 0 rings (SSSR count). The molecule has 2 N–H and O–H groups in total. The number of carboxylic acid groups (broad SMARTS) is 2. The van der Waals surface area contributed by atoms with Crippen molar-refractivity contribution in [1.29, 1.82) is 0 Å². The molecule has 0 aromatic carbocycles. The molecule has 1 unspecified atom stereocenters. The summed E-state index contributed by atoms with van der Waals surface area (Å²) < 4.78 is 0.869. The Kier molecular flexibility index (Phi) is 15.3. The van der Waals surface area contributed by atoms with Crippen LogP contribution in [0.3, 0.4) is 0 Å². The molecule has 0 fully saturated rings. The van der Waals surface area contributed by atoms with Crippen molar-refractivity contribution < 1.29 is 19.8 Å².